The second kappa shape index (κ2) is 7.15. The summed E-state index contributed by atoms with van der Waals surface area (Å²) in [6.45, 7) is 9.64. The molecule has 7 nitrogen and oxygen atoms in total. The molecule has 1 aliphatic heterocycles. The Hall–Kier alpha value is -1.18. The molecule has 134 valence electrons. The van der Waals surface area contributed by atoms with Gasteiger partial charge in [-0.3, -0.25) is 9.59 Å². The lowest BCUT2D eigenvalue weighted by Gasteiger charge is -2.40. The molecule has 0 aromatic heterocycles. The standard InChI is InChI=1S/C16H28O7/c1-15(2,3)13(19)22-10-8-21-9(7-17)11(18)12(10)23-14(20)16(4,5)6/h9-12,17-18H,7-8H2,1-6H3/t9-,10+,11-,12-/m1/s1. The van der Waals surface area contributed by atoms with Crippen molar-refractivity contribution in [2.75, 3.05) is 13.2 Å². The van der Waals surface area contributed by atoms with Crippen molar-refractivity contribution >= 4 is 11.9 Å². The molecule has 23 heavy (non-hydrogen) atoms. The molecule has 0 bridgehead atoms. The van der Waals surface area contributed by atoms with E-state index in [-0.39, 0.29) is 6.61 Å². The highest BCUT2D eigenvalue weighted by Crippen LogP contribution is 2.27. The van der Waals surface area contributed by atoms with Crippen LogP contribution in [0.25, 0.3) is 0 Å². The number of ether oxygens (including phenoxy) is 3. The van der Waals surface area contributed by atoms with Crippen molar-refractivity contribution in [3.8, 4) is 0 Å². The summed E-state index contributed by atoms with van der Waals surface area (Å²) in [6.07, 6.45) is -4.18. The number of aliphatic hydroxyl groups excluding tert-OH is 2. The highest BCUT2D eigenvalue weighted by molar-refractivity contribution is 5.76. The van der Waals surface area contributed by atoms with Gasteiger partial charge in [-0.15, -0.1) is 0 Å². The minimum absolute atomic E-state index is 0.0633. The molecule has 1 heterocycles. The van der Waals surface area contributed by atoms with Crippen LogP contribution in [0.5, 0.6) is 0 Å². The van der Waals surface area contributed by atoms with Gasteiger partial charge in [0, 0.05) is 0 Å². The number of hydrogen-bond donors (Lipinski definition) is 2. The van der Waals surface area contributed by atoms with Gasteiger partial charge in [0.15, 0.2) is 12.2 Å². The third-order valence-corrected chi connectivity index (χ3v) is 3.46. The second-order valence-corrected chi connectivity index (χ2v) is 7.86. The maximum Gasteiger partial charge on any atom is 0.311 e. The van der Waals surface area contributed by atoms with Crippen LogP contribution in [-0.4, -0.2) is 59.8 Å². The van der Waals surface area contributed by atoms with E-state index >= 15 is 0 Å². The molecule has 1 fully saturated rings. The molecule has 0 aromatic rings. The lowest BCUT2D eigenvalue weighted by molar-refractivity contribution is -0.228. The molecule has 0 amide bonds. The summed E-state index contributed by atoms with van der Waals surface area (Å²) in [5.74, 6) is -1.02. The lowest BCUT2D eigenvalue weighted by Crippen LogP contribution is -2.58. The summed E-state index contributed by atoms with van der Waals surface area (Å²) in [6, 6.07) is 0. The summed E-state index contributed by atoms with van der Waals surface area (Å²) < 4.78 is 16.0. The van der Waals surface area contributed by atoms with Crippen LogP contribution < -0.4 is 0 Å². The van der Waals surface area contributed by atoms with Crippen molar-refractivity contribution in [3.05, 3.63) is 0 Å². The molecule has 0 radical (unpaired) electrons. The number of carbonyl (C=O) groups is 2. The predicted molar refractivity (Wildman–Crippen MR) is 81.5 cm³/mol. The molecular weight excluding hydrogens is 304 g/mol. The first-order chi connectivity index (χ1) is 10.4. The number of hydrogen-bond acceptors (Lipinski definition) is 7. The molecule has 0 aromatic carbocycles. The van der Waals surface area contributed by atoms with E-state index in [4.69, 9.17) is 14.2 Å². The number of carbonyl (C=O) groups excluding carboxylic acids is 2. The Bertz CT molecular complexity index is 433. The largest absolute Gasteiger partial charge is 0.455 e. The van der Waals surface area contributed by atoms with Gasteiger partial charge in [0.25, 0.3) is 0 Å². The first-order valence-electron chi connectivity index (χ1n) is 7.70. The predicted octanol–water partition coefficient (Wildman–Crippen LogP) is 0.654. The van der Waals surface area contributed by atoms with Crippen LogP contribution in [-0.2, 0) is 23.8 Å². The minimum atomic E-state index is -1.28. The van der Waals surface area contributed by atoms with Crippen molar-refractivity contribution in [1.29, 1.82) is 0 Å². The summed E-state index contributed by atoms with van der Waals surface area (Å²) >= 11 is 0. The number of rotatable bonds is 3. The van der Waals surface area contributed by atoms with Crippen molar-refractivity contribution in [2.24, 2.45) is 10.8 Å². The van der Waals surface area contributed by atoms with Crippen molar-refractivity contribution in [2.45, 2.75) is 66.0 Å². The third kappa shape index (κ3) is 5.16. The smallest absolute Gasteiger partial charge is 0.311 e. The Balaban J connectivity index is 2.93. The Kier molecular flexibility index (Phi) is 6.18. The summed E-state index contributed by atoms with van der Waals surface area (Å²) in [4.78, 5) is 24.2. The van der Waals surface area contributed by atoms with Crippen LogP contribution in [0.2, 0.25) is 0 Å². The molecular formula is C16H28O7. The molecule has 4 atom stereocenters. The fourth-order valence-electron chi connectivity index (χ4n) is 1.87. The zero-order valence-electron chi connectivity index (χ0n) is 14.7. The van der Waals surface area contributed by atoms with E-state index in [9.17, 15) is 19.8 Å². The van der Waals surface area contributed by atoms with Gasteiger partial charge in [0.1, 0.15) is 12.2 Å². The first-order valence-corrected chi connectivity index (χ1v) is 7.70. The molecule has 0 spiro atoms. The monoisotopic (exact) mass is 332 g/mol. The van der Waals surface area contributed by atoms with Gasteiger partial charge in [0.2, 0.25) is 0 Å². The normalized spacial score (nSPS) is 29.0. The topological polar surface area (TPSA) is 102 Å². The van der Waals surface area contributed by atoms with Gasteiger partial charge < -0.3 is 24.4 Å². The molecule has 1 saturated heterocycles. The van der Waals surface area contributed by atoms with Crippen LogP contribution in [0, 0.1) is 10.8 Å². The lowest BCUT2D eigenvalue weighted by atomic mass is 9.95. The summed E-state index contributed by atoms with van der Waals surface area (Å²) in [5.41, 5.74) is -1.51. The number of aliphatic hydroxyl groups is 2. The maximum absolute atomic E-state index is 12.1. The zero-order valence-corrected chi connectivity index (χ0v) is 14.7. The fraction of sp³-hybridized carbons (Fsp3) is 0.875. The van der Waals surface area contributed by atoms with E-state index in [0.717, 1.165) is 0 Å². The third-order valence-electron chi connectivity index (χ3n) is 3.46. The van der Waals surface area contributed by atoms with Gasteiger partial charge in [-0.1, -0.05) is 0 Å². The van der Waals surface area contributed by atoms with Gasteiger partial charge in [-0.25, -0.2) is 0 Å². The van der Waals surface area contributed by atoms with Crippen LogP contribution >= 0.6 is 0 Å². The SMILES string of the molecule is CC(C)(C)C(=O)O[C@H]1[C@H](O)[C@@H](CO)OC[C@@H]1OC(=O)C(C)(C)C. The maximum atomic E-state index is 12.1. The highest BCUT2D eigenvalue weighted by Gasteiger charge is 2.45. The van der Waals surface area contributed by atoms with Crippen molar-refractivity contribution in [3.63, 3.8) is 0 Å². The Labute approximate surface area is 136 Å². The summed E-state index contributed by atoms with van der Waals surface area (Å²) in [7, 11) is 0. The number of esters is 2. The average molecular weight is 332 g/mol. The fourth-order valence-corrected chi connectivity index (χ4v) is 1.87. The molecule has 7 heteroatoms. The van der Waals surface area contributed by atoms with E-state index in [1.54, 1.807) is 41.5 Å². The quantitative estimate of drug-likeness (QED) is 0.732. The Morgan fingerprint density at radius 3 is 1.96 bits per heavy atom. The van der Waals surface area contributed by atoms with Gasteiger partial charge in [-0.05, 0) is 41.5 Å². The second-order valence-electron chi connectivity index (χ2n) is 7.86. The molecule has 1 aliphatic rings. The van der Waals surface area contributed by atoms with E-state index in [0.29, 0.717) is 0 Å². The van der Waals surface area contributed by atoms with Crippen molar-refractivity contribution in [1.82, 2.24) is 0 Å². The molecule has 0 aliphatic carbocycles. The van der Waals surface area contributed by atoms with Crippen LogP contribution in [0.3, 0.4) is 0 Å². The first kappa shape index (κ1) is 19.9. The van der Waals surface area contributed by atoms with Crippen LogP contribution in [0.1, 0.15) is 41.5 Å². The highest BCUT2D eigenvalue weighted by atomic mass is 16.6. The van der Waals surface area contributed by atoms with E-state index in [2.05, 4.69) is 0 Å². The van der Waals surface area contributed by atoms with Gasteiger partial charge in [-0.2, -0.15) is 0 Å². The Morgan fingerprint density at radius 2 is 1.52 bits per heavy atom. The average Bonchev–Trinajstić information content (AvgIpc) is 2.40. The molecule has 0 unspecified atom stereocenters. The van der Waals surface area contributed by atoms with Crippen molar-refractivity contribution < 1.29 is 34.0 Å². The van der Waals surface area contributed by atoms with E-state index in [1.165, 1.54) is 0 Å². The minimum Gasteiger partial charge on any atom is -0.455 e. The molecule has 0 saturated carbocycles. The van der Waals surface area contributed by atoms with E-state index in [1.807, 2.05) is 0 Å². The van der Waals surface area contributed by atoms with Crippen LogP contribution in [0.15, 0.2) is 0 Å². The zero-order chi connectivity index (χ0) is 18.0. The van der Waals surface area contributed by atoms with Crippen LogP contribution in [0.4, 0.5) is 0 Å². The van der Waals surface area contributed by atoms with Gasteiger partial charge in [0.05, 0.1) is 24.0 Å². The molecule has 2 N–H and O–H groups in total. The summed E-state index contributed by atoms with van der Waals surface area (Å²) in [5, 5.41) is 19.5. The Morgan fingerprint density at radius 1 is 1.04 bits per heavy atom. The van der Waals surface area contributed by atoms with Gasteiger partial charge >= 0.3 is 11.9 Å². The molecule has 1 rings (SSSR count). The van der Waals surface area contributed by atoms with E-state index < -0.39 is 53.8 Å².